The van der Waals surface area contributed by atoms with Gasteiger partial charge in [0.2, 0.25) is 0 Å². The molecule has 4 rings (SSSR count). The van der Waals surface area contributed by atoms with Crippen molar-refractivity contribution in [3.05, 3.63) is 53.3 Å². The summed E-state index contributed by atoms with van der Waals surface area (Å²) in [5, 5.41) is 10.3. The molecule has 43 heavy (non-hydrogen) atoms. The van der Waals surface area contributed by atoms with E-state index in [0.717, 1.165) is 11.3 Å². The SMILES string of the molecule is CCC(C)CN(C[C@H]1Cc2c(cc(OCc3ccccc3)c(N3CC(=O)NS3(=O)=O)c2F)N1C(=O)O)C(=O)OC(C)(C)C. The number of carboxylic acid groups (broad SMARTS) is 1. The molecular weight excluding hydrogens is 583 g/mol. The topological polar surface area (TPSA) is 146 Å². The lowest BCUT2D eigenvalue weighted by Crippen LogP contribution is -2.49. The van der Waals surface area contributed by atoms with Gasteiger partial charge in [0.25, 0.3) is 5.91 Å². The Hall–Kier alpha value is -4.07. The molecule has 2 aromatic rings. The Morgan fingerprint density at radius 3 is 2.47 bits per heavy atom. The number of fused-ring (bicyclic) bond motifs is 1. The number of rotatable bonds is 9. The van der Waals surface area contributed by atoms with Crippen molar-refractivity contribution >= 4 is 39.7 Å². The van der Waals surface area contributed by atoms with Gasteiger partial charge in [0.15, 0.2) is 5.82 Å². The van der Waals surface area contributed by atoms with Crippen molar-refractivity contribution in [2.75, 3.05) is 28.8 Å². The van der Waals surface area contributed by atoms with Crippen molar-refractivity contribution < 1.29 is 41.8 Å². The summed E-state index contributed by atoms with van der Waals surface area (Å²) in [4.78, 5) is 40.2. The zero-order chi connectivity index (χ0) is 31.7. The van der Waals surface area contributed by atoms with Gasteiger partial charge in [-0.05, 0) is 32.3 Å². The Morgan fingerprint density at radius 1 is 1.23 bits per heavy atom. The van der Waals surface area contributed by atoms with Gasteiger partial charge in [0, 0.05) is 31.1 Å². The van der Waals surface area contributed by atoms with Crippen LogP contribution < -0.4 is 18.7 Å². The Balaban J connectivity index is 1.77. The number of amides is 3. The summed E-state index contributed by atoms with van der Waals surface area (Å²) in [5.41, 5.74) is -0.710. The van der Waals surface area contributed by atoms with Crippen LogP contribution in [0.3, 0.4) is 0 Å². The van der Waals surface area contributed by atoms with Crippen LogP contribution in [0.15, 0.2) is 36.4 Å². The maximum Gasteiger partial charge on any atom is 0.412 e. The Morgan fingerprint density at radius 2 is 1.91 bits per heavy atom. The normalized spacial score (nSPS) is 18.2. The molecule has 0 bridgehead atoms. The summed E-state index contributed by atoms with van der Waals surface area (Å²) in [6.45, 7) is 8.51. The van der Waals surface area contributed by atoms with Gasteiger partial charge < -0.3 is 19.5 Å². The molecule has 0 aliphatic carbocycles. The number of halogens is 1. The second kappa shape index (κ2) is 12.3. The van der Waals surface area contributed by atoms with Crippen LogP contribution in [-0.2, 0) is 32.8 Å². The van der Waals surface area contributed by atoms with Crippen LogP contribution in [0, 0.1) is 11.7 Å². The lowest BCUT2D eigenvalue weighted by atomic mass is 10.1. The maximum absolute atomic E-state index is 16.4. The largest absolute Gasteiger partial charge is 0.487 e. The van der Waals surface area contributed by atoms with Gasteiger partial charge in [-0.1, -0.05) is 50.6 Å². The predicted molar refractivity (Wildman–Crippen MR) is 157 cm³/mol. The van der Waals surface area contributed by atoms with Crippen molar-refractivity contribution in [1.29, 1.82) is 0 Å². The lowest BCUT2D eigenvalue weighted by Gasteiger charge is -2.33. The predicted octanol–water partition coefficient (Wildman–Crippen LogP) is 4.28. The summed E-state index contributed by atoms with van der Waals surface area (Å²) in [6.07, 6.45) is -1.42. The van der Waals surface area contributed by atoms with Crippen molar-refractivity contribution in [3.8, 4) is 5.75 Å². The third kappa shape index (κ3) is 7.12. The summed E-state index contributed by atoms with van der Waals surface area (Å²) in [7, 11) is -4.43. The Bertz CT molecular complexity index is 1500. The van der Waals surface area contributed by atoms with Crippen LogP contribution in [0.5, 0.6) is 5.75 Å². The second-order valence-corrected chi connectivity index (χ2v) is 13.4. The number of ether oxygens (including phenoxy) is 2. The summed E-state index contributed by atoms with van der Waals surface area (Å²) < 4.78 is 55.8. The molecule has 2 aliphatic heterocycles. The molecule has 0 saturated carbocycles. The number of hydrogen-bond acceptors (Lipinski definition) is 7. The number of benzene rings is 2. The number of nitrogens with one attached hydrogen (secondary N) is 1. The van der Waals surface area contributed by atoms with E-state index in [2.05, 4.69) is 0 Å². The molecule has 1 unspecified atom stereocenters. The fourth-order valence-corrected chi connectivity index (χ4v) is 6.17. The monoisotopic (exact) mass is 620 g/mol. The van der Waals surface area contributed by atoms with Gasteiger partial charge in [-0.25, -0.2) is 23.0 Å². The van der Waals surface area contributed by atoms with Crippen LogP contribution in [0.4, 0.5) is 25.4 Å². The number of nitrogens with zero attached hydrogens (tertiary/aromatic N) is 3. The highest BCUT2D eigenvalue weighted by Crippen LogP contribution is 2.45. The fourth-order valence-electron chi connectivity index (χ4n) is 5.01. The molecule has 14 heteroatoms. The molecule has 12 nitrogen and oxygen atoms in total. The van der Waals surface area contributed by atoms with Crippen LogP contribution >= 0.6 is 0 Å². The first-order valence-electron chi connectivity index (χ1n) is 14.0. The van der Waals surface area contributed by atoms with E-state index in [1.807, 2.05) is 18.6 Å². The van der Waals surface area contributed by atoms with Crippen molar-refractivity contribution in [2.24, 2.45) is 5.92 Å². The molecule has 3 amide bonds. The molecule has 0 radical (unpaired) electrons. The lowest BCUT2D eigenvalue weighted by molar-refractivity contribution is -0.117. The standard InChI is InChI=1S/C29H37FN4O8S/c1-6-18(2)14-32(28(38)42-29(3,4)5)15-20-12-21-22(34(20)27(36)37)13-23(41-17-19-10-8-7-9-11-19)26(25(21)30)33-16-24(35)31-43(33,39)40/h7-11,13,18,20H,6,12,14-17H2,1-5H3,(H,31,35)(H,36,37)/t18?,20-/m1/s1. The first-order chi connectivity index (χ1) is 20.1. The zero-order valence-corrected chi connectivity index (χ0v) is 25.6. The number of carbonyl (C=O) groups excluding carboxylic acids is 2. The van der Waals surface area contributed by atoms with E-state index in [4.69, 9.17) is 9.47 Å². The first kappa shape index (κ1) is 31.9. The van der Waals surface area contributed by atoms with E-state index in [1.165, 1.54) is 11.0 Å². The quantitative estimate of drug-likeness (QED) is 0.423. The molecule has 1 fully saturated rings. The van der Waals surface area contributed by atoms with Crippen molar-refractivity contribution in [3.63, 3.8) is 0 Å². The van der Waals surface area contributed by atoms with E-state index >= 15 is 4.39 Å². The van der Waals surface area contributed by atoms with E-state index in [0.29, 0.717) is 9.87 Å². The number of hydrogen-bond donors (Lipinski definition) is 2. The Labute approximate surface area is 250 Å². The van der Waals surface area contributed by atoms with E-state index in [9.17, 15) is 27.9 Å². The van der Waals surface area contributed by atoms with Gasteiger partial charge in [0.1, 0.15) is 30.2 Å². The van der Waals surface area contributed by atoms with Gasteiger partial charge in [-0.2, -0.15) is 8.42 Å². The average Bonchev–Trinajstić information content (AvgIpc) is 3.41. The molecule has 0 aromatic heterocycles. The molecule has 0 spiro atoms. The van der Waals surface area contributed by atoms with Gasteiger partial charge in [-0.3, -0.25) is 9.69 Å². The molecule has 1 saturated heterocycles. The van der Waals surface area contributed by atoms with Crippen molar-refractivity contribution in [1.82, 2.24) is 9.62 Å². The maximum atomic E-state index is 16.4. The molecule has 2 N–H and O–H groups in total. The van der Waals surface area contributed by atoms with Gasteiger partial charge in [-0.15, -0.1) is 0 Å². The molecule has 2 atom stereocenters. The Kier molecular flexibility index (Phi) is 9.09. The molecule has 2 heterocycles. The highest BCUT2D eigenvalue weighted by atomic mass is 32.2. The third-order valence-corrected chi connectivity index (χ3v) is 8.55. The van der Waals surface area contributed by atoms with Crippen LogP contribution in [-0.4, -0.2) is 67.8 Å². The third-order valence-electron chi connectivity index (χ3n) is 7.17. The minimum absolute atomic E-state index is 0.0367. The molecular formula is C29H37FN4O8S. The van der Waals surface area contributed by atoms with E-state index in [1.54, 1.807) is 51.1 Å². The smallest absolute Gasteiger partial charge is 0.412 e. The van der Waals surface area contributed by atoms with Crippen LogP contribution in [0.1, 0.15) is 52.2 Å². The zero-order valence-electron chi connectivity index (χ0n) is 24.8. The summed E-state index contributed by atoms with van der Waals surface area (Å²) in [6, 6.07) is 9.20. The van der Waals surface area contributed by atoms with Crippen LogP contribution in [0.25, 0.3) is 0 Å². The van der Waals surface area contributed by atoms with Crippen molar-refractivity contribution in [2.45, 2.75) is 65.7 Å². The molecule has 2 aromatic carbocycles. The fraction of sp³-hybridized carbons (Fsp3) is 0.483. The minimum atomic E-state index is -4.43. The van der Waals surface area contributed by atoms with Gasteiger partial charge in [0.05, 0.1) is 11.7 Å². The average molecular weight is 621 g/mol. The molecule has 2 aliphatic rings. The van der Waals surface area contributed by atoms with Gasteiger partial charge >= 0.3 is 22.4 Å². The highest BCUT2D eigenvalue weighted by Gasteiger charge is 2.44. The highest BCUT2D eigenvalue weighted by molar-refractivity contribution is 7.92. The first-order valence-corrected chi connectivity index (χ1v) is 15.4. The van der Waals surface area contributed by atoms with Crippen LogP contribution in [0.2, 0.25) is 0 Å². The molecule has 234 valence electrons. The summed E-state index contributed by atoms with van der Waals surface area (Å²) >= 11 is 0. The van der Waals surface area contributed by atoms with E-state index in [-0.39, 0.29) is 49.0 Å². The second-order valence-electron chi connectivity index (χ2n) is 11.8. The minimum Gasteiger partial charge on any atom is -0.487 e. The summed E-state index contributed by atoms with van der Waals surface area (Å²) in [5.74, 6) is -2.06. The van der Waals surface area contributed by atoms with E-state index < -0.39 is 58.0 Å². The number of carbonyl (C=O) groups is 3. The number of anilines is 2.